The van der Waals surface area contributed by atoms with Crippen molar-refractivity contribution in [2.24, 2.45) is 0 Å². The molecule has 0 radical (unpaired) electrons. The minimum Gasteiger partial charge on any atom is -0.456 e. The molecule has 172 valence electrons. The van der Waals surface area contributed by atoms with Crippen molar-refractivity contribution in [2.45, 2.75) is 41.7 Å². The Balaban J connectivity index is 6.25. The molecule has 0 atom stereocenters. The molecule has 0 aromatic rings. The fourth-order valence-electron chi connectivity index (χ4n) is 1.35. The molecule has 29 heavy (non-hydrogen) atoms. The molecule has 0 spiro atoms. The van der Waals surface area contributed by atoms with Crippen LogP contribution in [0.2, 0.25) is 0 Å². The van der Waals surface area contributed by atoms with E-state index < -0.39 is 54.3 Å². The van der Waals surface area contributed by atoms with Gasteiger partial charge in [-0.15, -0.1) is 0 Å². The van der Waals surface area contributed by atoms with Crippen LogP contribution in [0.3, 0.4) is 0 Å². The van der Waals surface area contributed by atoms with E-state index in [1.54, 1.807) is 0 Å². The Labute approximate surface area is 154 Å². The number of hydrogen-bond acceptors (Lipinski definition) is 2. The summed E-state index contributed by atoms with van der Waals surface area (Å²) in [5.74, 6) is -49.4. The van der Waals surface area contributed by atoms with Gasteiger partial charge < -0.3 is 4.74 Å². The Morgan fingerprint density at radius 2 is 1.00 bits per heavy atom. The molecule has 2 nitrogen and oxygen atoms in total. The molecule has 0 rings (SSSR count). The molecule has 0 amide bonds. The van der Waals surface area contributed by atoms with E-state index in [2.05, 4.69) is 4.74 Å². The molecule has 18 heteroatoms. The average Bonchev–Trinajstić information content (AvgIpc) is 2.51. The Hall–Kier alpha value is -1.55. The fourth-order valence-corrected chi connectivity index (χ4v) is 1.45. The standard InChI is InChI=1S/C11H4ClF15O2/c12-2-1-4(28)29-3-5(13,14)6(15,16)7(17,18)8(19,20)9(21,22)10(23,24)11(25,26)27/h1-2H,3H2. The second kappa shape index (κ2) is 7.61. The third-order valence-corrected chi connectivity index (χ3v) is 3.11. The first-order valence-electron chi connectivity index (χ1n) is 6.23. The van der Waals surface area contributed by atoms with Gasteiger partial charge in [0.2, 0.25) is 0 Å². The topological polar surface area (TPSA) is 26.3 Å². The lowest BCUT2D eigenvalue weighted by Gasteiger charge is -2.41. The van der Waals surface area contributed by atoms with Gasteiger partial charge in [-0.1, -0.05) is 11.6 Å². The molecule has 0 aliphatic rings. The first-order valence-corrected chi connectivity index (χ1v) is 6.66. The maximum absolute atomic E-state index is 13.3. The zero-order chi connectivity index (χ0) is 23.9. The summed E-state index contributed by atoms with van der Waals surface area (Å²) in [6, 6.07) is 0. The zero-order valence-corrected chi connectivity index (χ0v) is 13.5. The highest BCUT2D eigenvalue weighted by Crippen LogP contribution is 2.62. The van der Waals surface area contributed by atoms with Crippen LogP contribution in [0.1, 0.15) is 0 Å². The average molecular weight is 489 g/mol. The van der Waals surface area contributed by atoms with Gasteiger partial charge in [0.25, 0.3) is 0 Å². The Bertz CT molecular complexity index is 637. The van der Waals surface area contributed by atoms with Crippen LogP contribution in [0, 0.1) is 0 Å². The number of carbonyl (C=O) groups excluding carboxylic acids is 1. The monoisotopic (exact) mass is 488 g/mol. The lowest BCUT2D eigenvalue weighted by Crippen LogP contribution is -2.73. The Morgan fingerprint density at radius 3 is 1.34 bits per heavy atom. The van der Waals surface area contributed by atoms with Gasteiger partial charge in [-0.05, 0) is 0 Å². The predicted molar refractivity (Wildman–Crippen MR) is 61.7 cm³/mol. The molecule has 0 N–H and O–H groups in total. The second-order valence-corrected chi connectivity index (χ2v) is 5.23. The Kier molecular flexibility index (Phi) is 7.20. The number of rotatable bonds is 8. The van der Waals surface area contributed by atoms with Crippen LogP contribution in [0.25, 0.3) is 0 Å². The molecule has 0 saturated carbocycles. The van der Waals surface area contributed by atoms with E-state index in [-0.39, 0.29) is 11.6 Å². The van der Waals surface area contributed by atoms with E-state index in [0.717, 1.165) is 0 Å². The van der Waals surface area contributed by atoms with E-state index in [9.17, 15) is 70.7 Å². The number of alkyl halides is 15. The van der Waals surface area contributed by atoms with Gasteiger partial charge in [0.05, 0.1) is 0 Å². The summed E-state index contributed by atoms with van der Waals surface area (Å²) in [6.45, 7) is -3.20. The van der Waals surface area contributed by atoms with Crippen molar-refractivity contribution in [3.8, 4) is 0 Å². The molecule has 0 saturated heterocycles. The number of esters is 1. The quantitative estimate of drug-likeness (QED) is 0.251. The normalized spacial score (nSPS) is 15.7. The van der Waals surface area contributed by atoms with Crippen LogP contribution < -0.4 is 0 Å². The molecule has 0 aliphatic heterocycles. The smallest absolute Gasteiger partial charge is 0.456 e. The Morgan fingerprint density at radius 1 is 0.655 bits per heavy atom. The van der Waals surface area contributed by atoms with Gasteiger partial charge in [0.15, 0.2) is 6.61 Å². The molecule has 0 aromatic carbocycles. The van der Waals surface area contributed by atoms with Gasteiger partial charge in [-0.25, -0.2) is 4.79 Å². The molecule has 0 fully saturated rings. The zero-order valence-electron chi connectivity index (χ0n) is 12.7. The number of ether oxygens (including phenoxy) is 1. The summed E-state index contributed by atoms with van der Waals surface area (Å²) in [6.07, 6.45) is -7.67. The van der Waals surface area contributed by atoms with Crippen molar-refractivity contribution < 1.29 is 75.4 Å². The largest absolute Gasteiger partial charge is 0.460 e. The fraction of sp³-hybridized carbons (Fsp3) is 0.727. The van der Waals surface area contributed by atoms with Gasteiger partial charge in [0, 0.05) is 11.6 Å². The first kappa shape index (κ1) is 27.5. The minimum atomic E-state index is -8.38. The van der Waals surface area contributed by atoms with Crippen LogP contribution in [-0.4, -0.2) is 54.3 Å². The van der Waals surface area contributed by atoms with Crippen LogP contribution in [0.4, 0.5) is 65.9 Å². The number of carbonyl (C=O) groups is 1. The number of halogens is 16. The van der Waals surface area contributed by atoms with Crippen molar-refractivity contribution in [2.75, 3.05) is 6.61 Å². The van der Waals surface area contributed by atoms with Crippen LogP contribution in [-0.2, 0) is 9.53 Å². The van der Waals surface area contributed by atoms with Crippen molar-refractivity contribution in [3.05, 3.63) is 11.6 Å². The molecule has 0 heterocycles. The summed E-state index contributed by atoms with van der Waals surface area (Å²) in [5.41, 5.74) is 0.209. The van der Waals surface area contributed by atoms with E-state index in [1.165, 1.54) is 0 Å². The maximum atomic E-state index is 13.3. The van der Waals surface area contributed by atoms with Crippen molar-refractivity contribution in [3.63, 3.8) is 0 Å². The lowest BCUT2D eigenvalue weighted by atomic mass is 9.91. The molecule has 0 aromatic heterocycles. The van der Waals surface area contributed by atoms with Crippen molar-refractivity contribution >= 4 is 17.6 Å². The van der Waals surface area contributed by atoms with E-state index >= 15 is 0 Å². The molecule has 0 aliphatic carbocycles. The molecule has 0 bridgehead atoms. The third-order valence-electron chi connectivity index (χ3n) is 2.99. The van der Waals surface area contributed by atoms with Crippen LogP contribution in [0.15, 0.2) is 11.6 Å². The number of hydrogen-bond donors (Lipinski definition) is 0. The minimum absolute atomic E-state index is 0.000556. The molecule has 0 unspecified atom stereocenters. The highest BCUT2D eigenvalue weighted by Gasteiger charge is 2.93. The lowest BCUT2D eigenvalue weighted by molar-refractivity contribution is -0.453. The molecular weight excluding hydrogens is 485 g/mol. The maximum Gasteiger partial charge on any atom is 0.460 e. The van der Waals surface area contributed by atoms with Crippen LogP contribution in [0.5, 0.6) is 0 Å². The summed E-state index contributed by atoms with van der Waals surface area (Å²) >= 11 is 4.72. The molecular formula is C11H4ClF15O2. The van der Waals surface area contributed by atoms with E-state index in [4.69, 9.17) is 11.6 Å². The highest BCUT2D eigenvalue weighted by atomic mass is 35.5. The van der Waals surface area contributed by atoms with Crippen molar-refractivity contribution in [1.82, 2.24) is 0 Å². The summed E-state index contributed by atoms with van der Waals surface area (Å²) < 4.78 is 195. The second-order valence-electron chi connectivity index (χ2n) is 4.97. The predicted octanol–water partition coefficient (Wildman–Crippen LogP) is 5.66. The van der Waals surface area contributed by atoms with Gasteiger partial charge in [-0.2, -0.15) is 65.9 Å². The van der Waals surface area contributed by atoms with Crippen molar-refractivity contribution in [1.29, 1.82) is 0 Å². The summed E-state index contributed by atoms with van der Waals surface area (Å²) in [7, 11) is 0. The van der Waals surface area contributed by atoms with Gasteiger partial charge >= 0.3 is 47.7 Å². The van der Waals surface area contributed by atoms with Crippen LogP contribution >= 0.6 is 11.6 Å². The first-order chi connectivity index (χ1) is 12.5. The summed E-state index contributed by atoms with van der Waals surface area (Å²) in [4.78, 5) is 10.6. The third kappa shape index (κ3) is 4.19. The van der Waals surface area contributed by atoms with Gasteiger partial charge in [0.1, 0.15) is 0 Å². The summed E-state index contributed by atoms with van der Waals surface area (Å²) in [5, 5.41) is 0. The van der Waals surface area contributed by atoms with Gasteiger partial charge in [-0.3, -0.25) is 0 Å². The highest BCUT2D eigenvalue weighted by molar-refractivity contribution is 6.26. The van der Waals surface area contributed by atoms with E-state index in [1.807, 2.05) is 0 Å². The van der Waals surface area contributed by atoms with E-state index in [0.29, 0.717) is 0 Å². The SMILES string of the molecule is O=C(C=CCl)OCC(F)(F)C(F)(F)C(F)(F)C(F)(F)C(F)(F)C(F)(F)C(F)(F)F.